The van der Waals surface area contributed by atoms with Gasteiger partial charge < -0.3 is 20.3 Å². The van der Waals surface area contributed by atoms with Gasteiger partial charge >= 0.3 is 0 Å². The monoisotopic (exact) mass is 338 g/mol. The fourth-order valence-electron chi connectivity index (χ4n) is 3.15. The second-order valence-corrected chi connectivity index (χ2v) is 6.64. The molecule has 8 heteroatoms. The Morgan fingerprint density at radius 1 is 1.39 bits per heavy atom. The number of carbonyl (C=O) groups excluding carboxylic acids is 2. The smallest absolute Gasteiger partial charge is 0.245 e. The van der Waals surface area contributed by atoms with E-state index in [0.29, 0.717) is 45.7 Å². The standard InChI is InChI=1S/C15H22N4O3S/c16-12(8-11-9-23-10-17-11)14(20)19-3-1-2-13(19)15(21)18-4-6-22-7-5-18/h9-10,12-13H,1-8,16H2/t12-,13+/m0/s1. The van der Waals surface area contributed by atoms with Crippen molar-refractivity contribution in [2.45, 2.75) is 31.3 Å². The summed E-state index contributed by atoms with van der Waals surface area (Å²) < 4.78 is 5.28. The van der Waals surface area contributed by atoms with Gasteiger partial charge in [0.2, 0.25) is 11.8 Å². The fraction of sp³-hybridized carbons (Fsp3) is 0.667. The van der Waals surface area contributed by atoms with E-state index in [2.05, 4.69) is 4.98 Å². The molecular weight excluding hydrogens is 316 g/mol. The molecule has 0 spiro atoms. The number of thiazole rings is 1. The Morgan fingerprint density at radius 2 is 2.17 bits per heavy atom. The molecule has 2 saturated heterocycles. The molecule has 2 amide bonds. The Hall–Kier alpha value is -1.51. The molecule has 2 atom stereocenters. The summed E-state index contributed by atoms with van der Waals surface area (Å²) in [6.45, 7) is 2.93. The first kappa shape index (κ1) is 16.4. The van der Waals surface area contributed by atoms with Crippen LogP contribution >= 0.6 is 11.3 Å². The van der Waals surface area contributed by atoms with Crippen molar-refractivity contribution in [1.82, 2.24) is 14.8 Å². The van der Waals surface area contributed by atoms with Gasteiger partial charge in [-0.05, 0) is 12.8 Å². The van der Waals surface area contributed by atoms with E-state index in [0.717, 1.165) is 12.1 Å². The van der Waals surface area contributed by atoms with Crippen LogP contribution in [-0.4, -0.2) is 71.5 Å². The number of aromatic nitrogens is 1. The van der Waals surface area contributed by atoms with Crippen molar-refractivity contribution >= 4 is 23.2 Å². The number of hydrogen-bond donors (Lipinski definition) is 1. The lowest BCUT2D eigenvalue weighted by atomic mass is 10.1. The third-order valence-electron chi connectivity index (χ3n) is 4.37. The molecule has 3 heterocycles. The van der Waals surface area contributed by atoms with E-state index in [1.54, 1.807) is 15.3 Å². The number of carbonyl (C=O) groups is 2. The molecular formula is C15H22N4O3S. The summed E-state index contributed by atoms with van der Waals surface area (Å²) in [5, 5.41) is 1.90. The number of morpholine rings is 1. The summed E-state index contributed by atoms with van der Waals surface area (Å²) in [6, 6.07) is -1.02. The van der Waals surface area contributed by atoms with Crippen molar-refractivity contribution in [2.24, 2.45) is 5.73 Å². The van der Waals surface area contributed by atoms with Crippen LogP contribution in [0.1, 0.15) is 18.5 Å². The molecule has 0 unspecified atom stereocenters. The predicted molar refractivity (Wildman–Crippen MR) is 85.9 cm³/mol. The number of likely N-dealkylation sites (tertiary alicyclic amines) is 1. The predicted octanol–water partition coefficient (Wildman–Crippen LogP) is -0.137. The summed E-state index contributed by atoms with van der Waals surface area (Å²) >= 11 is 1.49. The van der Waals surface area contributed by atoms with E-state index in [4.69, 9.17) is 10.5 Å². The maximum absolute atomic E-state index is 12.7. The normalized spacial score (nSPS) is 23.1. The third-order valence-corrected chi connectivity index (χ3v) is 5.01. The minimum absolute atomic E-state index is 0.0278. The molecule has 2 aliphatic rings. The minimum atomic E-state index is -0.643. The first-order valence-corrected chi connectivity index (χ1v) is 8.91. The molecule has 0 bridgehead atoms. The lowest BCUT2D eigenvalue weighted by molar-refractivity contribution is -0.146. The SMILES string of the molecule is N[C@@H](Cc1cscn1)C(=O)N1CCC[C@@H]1C(=O)N1CCOCC1. The molecule has 1 aromatic rings. The van der Waals surface area contributed by atoms with Gasteiger partial charge in [-0.15, -0.1) is 11.3 Å². The van der Waals surface area contributed by atoms with E-state index in [1.807, 2.05) is 5.38 Å². The summed E-state index contributed by atoms with van der Waals surface area (Å²) in [5.41, 5.74) is 8.61. The summed E-state index contributed by atoms with van der Waals surface area (Å²) in [7, 11) is 0. The average molecular weight is 338 g/mol. The van der Waals surface area contributed by atoms with Gasteiger partial charge in [-0.25, -0.2) is 4.98 Å². The second kappa shape index (κ2) is 7.37. The second-order valence-electron chi connectivity index (χ2n) is 5.92. The van der Waals surface area contributed by atoms with Gasteiger partial charge in [0.1, 0.15) is 6.04 Å². The molecule has 0 aliphatic carbocycles. The first-order chi connectivity index (χ1) is 11.2. The Balaban J connectivity index is 1.63. The summed E-state index contributed by atoms with van der Waals surface area (Å²) in [6.07, 6.45) is 1.97. The third kappa shape index (κ3) is 3.70. The number of nitrogens with two attached hydrogens (primary N) is 1. The molecule has 2 aliphatic heterocycles. The summed E-state index contributed by atoms with van der Waals surface area (Å²) in [4.78, 5) is 33.0. The Bertz CT molecular complexity index is 545. The highest BCUT2D eigenvalue weighted by Gasteiger charge is 2.38. The molecule has 0 radical (unpaired) electrons. The number of nitrogens with zero attached hydrogens (tertiary/aromatic N) is 3. The van der Waals surface area contributed by atoms with Gasteiger partial charge in [0, 0.05) is 31.4 Å². The van der Waals surface area contributed by atoms with Gasteiger partial charge in [-0.2, -0.15) is 0 Å². The highest BCUT2D eigenvalue weighted by atomic mass is 32.1. The molecule has 3 rings (SSSR count). The zero-order valence-electron chi connectivity index (χ0n) is 13.0. The molecule has 2 N–H and O–H groups in total. The first-order valence-electron chi connectivity index (χ1n) is 7.96. The molecule has 0 saturated carbocycles. The van der Waals surface area contributed by atoms with Gasteiger partial charge in [0.15, 0.2) is 0 Å². The van der Waals surface area contributed by atoms with Crippen LogP contribution in [0.2, 0.25) is 0 Å². The van der Waals surface area contributed by atoms with E-state index < -0.39 is 6.04 Å². The van der Waals surface area contributed by atoms with Gasteiger partial charge in [-0.3, -0.25) is 9.59 Å². The number of amides is 2. The van der Waals surface area contributed by atoms with Crippen molar-refractivity contribution in [2.75, 3.05) is 32.8 Å². The average Bonchev–Trinajstić information content (AvgIpc) is 3.25. The minimum Gasteiger partial charge on any atom is -0.378 e. The van der Waals surface area contributed by atoms with Gasteiger partial charge in [0.25, 0.3) is 0 Å². The van der Waals surface area contributed by atoms with Crippen molar-refractivity contribution in [1.29, 1.82) is 0 Å². The molecule has 126 valence electrons. The van der Waals surface area contributed by atoms with Crippen LogP contribution in [0.15, 0.2) is 10.9 Å². The van der Waals surface area contributed by atoms with Crippen LogP contribution in [0.4, 0.5) is 0 Å². The topological polar surface area (TPSA) is 88.8 Å². The molecule has 7 nitrogen and oxygen atoms in total. The van der Waals surface area contributed by atoms with Crippen LogP contribution in [0.5, 0.6) is 0 Å². The van der Waals surface area contributed by atoms with E-state index in [1.165, 1.54) is 11.3 Å². The lowest BCUT2D eigenvalue weighted by Gasteiger charge is -2.33. The Labute approximate surface area is 139 Å². The molecule has 1 aromatic heterocycles. The largest absolute Gasteiger partial charge is 0.378 e. The Kier molecular flexibility index (Phi) is 5.24. The van der Waals surface area contributed by atoms with Crippen molar-refractivity contribution < 1.29 is 14.3 Å². The Morgan fingerprint density at radius 3 is 2.87 bits per heavy atom. The lowest BCUT2D eigenvalue weighted by Crippen LogP contribution is -2.54. The van der Waals surface area contributed by atoms with Crippen LogP contribution in [-0.2, 0) is 20.7 Å². The maximum atomic E-state index is 12.7. The zero-order chi connectivity index (χ0) is 16.2. The van der Waals surface area contributed by atoms with E-state index in [-0.39, 0.29) is 17.9 Å². The highest BCUT2D eigenvalue weighted by Crippen LogP contribution is 2.21. The van der Waals surface area contributed by atoms with Crippen molar-refractivity contribution in [3.8, 4) is 0 Å². The van der Waals surface area contributed by atoms with Gasteiger partial charge in [-0.1, -0.05) is 0 Å². The van der Waals surface area contributed by atoms with E-state index in [9.17, 15) is 9.59 Å². The number of rotatable bonds is 4. The van der Waals surface area contributed by atoms with E-state index >= 15 is 0 Å². The zero-order valence-corrected chi connectivity index (χ0v) is 13.8. The molecule has 0 aromatic carbocycles. The fourth-order valence-corrected chi connectivity index (χ4v) is 3.72. The molecule has 2 fully saturated rings. The van der Waals surface area contributed by atoms with Crippen LogP contribution < -0.4 is 5.73 Å². The quantitative estimate of drug-likeness (QED) is 0.826. The number of hydrogen-bond acceptors (Lipinski definition) is 6. The van der Waals surface area contributed by atoms with Crippen LogP contribution in [0.3, 0.4) is 0 Å². The van der Waals surface area contributed by atoms with Crippen LogP contribution in [0.25, 0.3) is 0 Å². The number of ether oxygens (including phenoxy) is 1. The highest BCUT2D eigenvalue weighted by molar-refractivity contribution is 7.07. The maximum Gasteiger partial charge on any atom is 0.245 e. The summed E-state index contributed by atoms with van der Waals surface area (Å²) in [5.74, 6) is -0.123. The van der Waals surface area contributed by atoms with Crippen molar-refractivity contribution in [3.63, 3.8) is 0 Å². The van der Waals surface area contributed by atoms with Crippen molar-refractivity contribution in [3.05, 3.63) is 16.6 Å². The molecule has 23 heavy (non-hydrogen) atoms. The van der Waals surface area contributed by atoms with Crippen LogP contribution in [0, 0.1) is 0 Å². The van der Waals surface area contributed by atoms with Gasteiger partial charge in [0.05, 0.1) is 30.5 Å².